The molecule has 0 bridgehead atoms. The van der Waals surface area contributed by atoms with Crippen LogP contribution in [0.5, 0.6) is 0 Å². The molecule has 24 heavy (non-hydrogen) atoms. The summed E-state index contributed by atoms with van der Waals surface area (Å²) >= 11 is 0. The fraction of sp³-hybridized carbons (Fsp3) is 0.389. The number of ether oxygens (including phenoxy) is 1. The second-order valence-electron chi connectivity index (χ2n) is 5.84. The van der Waals surface area contributed by atoms with E-state index < -0.39 is 0 Å². The molecule has 0 unspecified atom stereocenters. The zero-order valence-electron chi connectivity index (χ0n) is 13.7. The van der Waals surface area contributed by atoms with Crippen LogP contribution in [0.4, 0.5) is 0 Å². The quantitative estimate of drug-likeness (QED) is 0.823. The minimum absolute atomic E-state index is 0.0881. The number of nitrogens with zero attached hydrogens (tertiary/aromatic N) is 2. The first-order valence-electron chi connectivity index (χ1n) is 8.19. The highest BCUT2D eigenvalue weighted by molar-refractivity contribution is 5.81. The van der Waals surface area contributed by atoms with Crippen LogP contribution in [0.15, 0.2) is 30.3 Å². The number of amides is 1. The summed E-state index contributed by atoms with van der Waals surface area (Å²) in [5.41, 5.74) is 3.81. The van der Waals surface area contributed by atoms with Gasteiger partial charge in [0.15, 0.2) is 0 Å². The Hall–Kier alpha value is -2.63. The first kappa shape index (κ1) is 16.2. The molecule has 1 aromatic carbocycles. The second-order valence-corrected chi connectivity index (χ2v) is 5.84. The number of hydrogen-bond donors (Lipinski definition) is 1. The number of esters is 1. The van der Waals surface area contributed by atoms with Crippen molar-refractivity contribution in [1.82, 2.24) is 15.1 Å². The molecule has 1 aliphatic heterocycles. The molecular formula is C18H21N3O3. The van der Waals surface area contributed by atoms with E-state index in [4.69, 9.17) is 4.74 Å². The lowest BCUT2D eigenvalue weighted by molar-refractivity contribution is -0.143. The highest BCUT2D eigenvalue weighted by Gasteiger charge is 2.27. The Balaban J connectivity index is 1.66. The summed E-state index contributed by atoms with van der Waals surface area (Å²) in [7, 11) is 0. The molecule has 0 aliphatic carbocycles. The number of hydrogen-bond acceptors (Lipinski definition) is 4. The van der Waals surface area contributed by atoms with E-state index in [0.717, 1.165) is 22.5 Å². The maximum absolute atomic E-state index is 12.4. The summed E-state index contributed by atoms with van der Waals surface area (Å²) in [6, 6.07) is 9.93. The summed E-state index contributed by atoms with van der Waals surface area (Å²) in [5, 5.41) is 7.32. The molecule has 0 saturated heterocycles. The molecule has 1 N–H and O–H groups in total. The van der Waals surface area contributed by atoms with Gasteiger partial charge in [-0.15, -0.1) is 0 Å². The molecule has 0 atom stereocenters. The minimum atomic E-state index is -0.234. The van der Waals surface area contributed by atoms with Gasteiger partial charge in [-0.1, -0.05) is 30.3 Å². The third-order valence-corrected chi connectivity index (χ3v) is 4.16. The molecule has 1 aliphatic rings. The molecule has 0 fully saturated rings. The zero-order valence-corrected chi connectivity index (χ0v) is 13.7. The van der Waals surface area contributed by atoms with Crippen LogP contribution in [0.3, 0.4) is 0 Å². The Morgan fingerprint density at radius 3 is 2.88 bits per heavy atom. The van der Waals surface area contributed by atoms with Crippen LogP contribution < -0.4 is 0 Å². The highest BCUT2D eigenvalue weighted by Crippen LogP contribution is 2.23. The normalized spacial score (nSPS) is 13.7. The molecule has 0 spiro atoms. The van der Waals surface area contributed by atoms with E-state index in [1.165, 1.54) is 0 Å². The minimum Gasteiger partial charge on any atom is -0.466 e. The summed E-state index contributed by atoms with van der Waals surface area (Å²) < 4.78 is 4.94. The Kier molecular flexibility index (Phi) is 4.93. The first-order valence-corrected chi connectivity index (χ1v) is 8.19. The first-order chi connectivity index (χ1) is 11.7. The van der Waals surface area contributed by atoms with Crippen molar-refractivity contribution in [2.75, 3.05) is 6.61 Å². The largest absolute Gasteiger partial charge is 0.466 e. The fourth-order valence-electron chi connectivity index (χ4n) is 2.93. The topological polar surface area (TPSA) is 75.3 Å². The van der Waals surface area contributed by atoms with Gasteiger partial charge in [-0.2, -0.15) is 5.10 Å². The zero-order chi connectivity index (χ0) is 16.9. The van der Waals surface area contributed by atoms with Crippen molar-refractivity contribution in [1.29, 1.82) is 0 Å². The van der Waals surface area contributed by atoms with Crippen LogP contribution >= 0.6 is 0 Å². The summed E-state index contributed by atoms with van der Waals surface area (Å²) in [5.74, 6) is -0.146. The Morgan fingerprint density at radius 2 is 2.12 bits per heavy atom. The predicted molar refractivity (Wildman–Crippen MR) is 87.9 cm³/mol. The third kappa shape index (κ3) is 3.64. The van der Waals surface area contributed by atoms with Crippen molar-refractivity contribution in [3.8, 4) is 0 Å². The Morgan fingerprint density at radius 1 is 1.33 bits per heavy atom. The van der Waals surface area contributed by atoms with Gasteiger partial charge in [0, 0.05) is 18.5 Å². The number of benzene rings is 1. The van der Waals surface area contributed by atoms with Crippen LogP contribution in [0.2, 0.25) is 0 Å². The Labute approximate surface area is 140 Å². The van der Waals surface area contributed by atoms with Crippen LogP contribution in [0.25, 0.3) is 0 Å². The number of fused-ring (bicyclic) bond motifs is 1. The van der Waals surface area contributed by atoms with Gasteiger partial charge in [0.05, 0.1) is 37.4 Å². The number of aryl methyl sites for hydroxylation is 1. The van der Waals surface area contributed by atoms with Crippen molar-refractivity contribution in [3.05, 3.63) is 52.8 Å². The molecule has 6 nitrogen and oxygen atoms in total. The maximum Gasteiger partial charge on any atom is 0.306 e. The van der Waals surface area contributed by atoms with Gasteiger partial charge in [0.2, 0.25) is 5.91 Å². The third-order valence-electron chi connectivity index (χ3n) is 4.16. The second kappa shape index (κ2) is 7.29. The van der Waals surface area contributed by atoms with Gasteiger partial charge in [0.1, 0.15) is 0 Å². The Bertz CT molecular complexity index is 724. The standard InChI is InChI=1S/C18H21N3O3/c1-2-24-18(23)9-8-15-14-10-17(22)21(12-16(14)20-19-15)11-13-6-4-3-5-7-13/h3-7H,2,8-12H2,1H3,(H,19,20). The molecule has 2 heterocycles. The van der Waals surface area contributed by atoms with Crippen LogP contribution in [-0.4, -0.2) is 33.6 Å². The highest BCUT2D eigenvalue weighted by atomic mass is 16.5. The van der Waals surface area contributed by atoms with Crippen LogP contribution in [-0.2, 0) is 40.3 Å². The number of aromatic amines is 1. The molecule has 3 rings (SSSR count). The summed E-state index contributed by atoms with van der Waals surface area (Å²) in [6.45, 7) is 3.28. The van der Waals surface area contributed by atoms with Crippen molar-refractivity contribution in [2.45, 2.75) is 39.3 Å². The fourth-order valence-corrected chi connectivity index (χ4v) is 2.93. The summed E-state index contributed by atoms with van der Waals surface area (Å²) in [4.78, 5) is 25.8. The predicted octanol–water partition coefficient (Wildman–Crippen LogP) is 1.99. The van der Waals surface area contributed by atoms with Gasteiger partial charge in [-0.3, -0.25) is 14.7 Å². The van der Waals surface area contributed by atoms with E-state index in [9.17, 15) is 9.59 Å². The average Bonchev–Trinajstić information content (AvgIpc) is 2.96. The van der Waals surface area contributed by atoms with Crippen LogP contribution in [0, 0.1) is 0 Å². The molecule has 0 radical (unpaired) electrons. The van der Waals surface area contributed by atoms with Gasteiger partial charge in [-0.25, -0.2) is 0 Å². The number of aromatic nitrogens is 2. The van der Waals surface area contributed by atoms with Crippen molar-refractivity contribution < 1.29 is 14.3 Å². The van der Waals surface area contributed by atoms with Crippen molar-refractivity contribution in [2.24, 2.45) is 0 Å². The van der Waals surface area contributed by atoms with E-state index in [1.807, 2.05) is 35.2 Å². The molecule has 6 heteroatoms. The van der Waals surface area contributed by atoms with Gasteiger partial charge in [0.25, 0.3) is 0 Å². The van der Waals surface area contributed by atoms with Gasteiger partial charge < -0.3 is 9.64 Å². The lowest BCUT2D eigenvalue weighted by Gasteiger charge is -2.27. The SMILES string of the molecule is CCOC(=O)CCc1n[nH]c2c1CC(=O)N(Cc1ccccc1)C2. The smallest absolute Gasteiger partial charge is 0.306 e. The maximum atomic E-state index is 12.4. The van der Waals surface area contributed by atoms with Crippen molar-refractivity contribution in [3.63, 3.8) is 0 Å². The number of nitrogens with one attached hydrogen (secondary N) is 1. The van der Waals surface area contributed by atoms with E-state index in [1.54, 1.807) is 6.92 Å². The molecule has 1 amide bonds. The van der Waals surface area contributed by atoms with E-state index >= 15 is 0 Å². The van der Waals surface area contributed by atoms with Crippen LogP contribution in [0.1, 0.15) is 35.9 Å². The van der Waals surface area contributed by atoms with Gasteiger partial charge >= 0.3 is 5.97 Å². The lowest BCUT2D eigenvalue weighted by Crippen LogP contribution is -2.35. The average molecular weight is 327 g/mol. The van der Waals surface area contributed by atoms with E-state index in [0.29, 0.717) is 32.5 Å². The molecular weight excluding hydrogens is 306 g/mol. The monoisotopic (exact) mass is 327 g/mol. The molecule has 2 aromatic rings. The van der Waals surface area contributed by atoms with E-state index in [-0.39, 0.29) is 18.3 Å². The van der Waals surface area contributed by atoms with Crippen molar-refractivity contribution >= 4 is 11.9 Å². The summed E-state index contributed by atoms with van der Waals surface area (Å²) in [6.07, 6.45) is 1.11. The molecule has 126 valence electrons. The number of rotatable bonds is 6. The molecule has 1 aromatic heterocycles. The molecule has 0 saturated carbocycles. The van der Waals surface area contributed by atoms with E-state index in [2.05, 4.69) is 10.2 Å². The number of carbonyl (C=O) groups excluding carboxylic acids is 2. The number of carbonyl (C=O) groups is 2. The number of H-pyrrole nitrogens is 1. The lowest BCUT2D eigenvalue weighted by atomic mass is 10.0. The van der Waals surface area contributed by atoms with Gasteiger partial charge in [-0.05, 0) is 12.5 Å².